The summed E-state index contributed by atoms with van der Waals surface area (Å²) < 4.78 is 18.0. The van der Waals surface area contributed by atoms with Crippen molar-refractivity contribution in [3.8, 4) is 11.5 Å². The fourth-order valence-electron chi connectivity index (χ4n) is 7.85. The number of nitrogens with one attached hydrogen (secondary N) is 1. The van der Waals surface area contributed by atoms with Gasteiger partial charge in [-0.1, -0.05) is 24.3 Å². The molecule has 2 saturated heterocycles. The second kappa shape index (κ2) is 15.6. The van der Waals surface area contributed by atoms with Crippen LogP contribution in [-0.4, -0.2) is 61.0 Å². The molecule has 3 aliphatic rings. The Balaban J connectivity index is 1.17. The van der Waals surface area contributed by atoms with Gasteiger partial charge in [0.05, 0.1) is 46.6 Å². The molecule has 0 bridgehead atoms. The number of rotatable bonds is 11. The lowest BCUT2D eigenvalue weighted by Crippen LogP contribution is -2.46. The number of aromatic nitrogens is 1. The molecule has 12 heteroatoms. The van der Waals surface area contributed by atoms with E-state index in [9.17, 15) is 19.7 Å². The van der Waals surface area contributed by atoms with Crippen LogP contribution in [0, 0.1) is 21.3 Å². The number of ether oxygens (including phenoxy) is 2. The summed E-state index contributed by atoms with van der Waals surface area (Å²) in [6.07, 6.45) is 4.85. The Kier molecular flexibility index (Phi) is 10.8. The zero-order valence-corrected chi connectivity index (χ0v) is 31.0. The molecule has 3 N–H and O–H groups in total. The number of pyridine rings is 1. The van der Waals surface area contributed by atoms with Crippen LogP contribution >= 0.6 is 22.6 Å². The third-order valence-corrected chi connectivity index (χ3v) is 10.9. The van der Waals surface area contributed by atoms with Gasteiger partial charge in [-0.25, -0.2) is 0 Å². The van der Waals surface area contributed by atoms with Crippen LogP contribution in [-0.2, 0) is 19.0 Å². The van der Waals surface area contributed by atoms with E-state index in [1.54, 1.807) is 31.5 Å². The van der Waals surface area contributed by atoms with Crippen LogP contribution in [0.15, 0.2) is 102 Å². The van der Waals surface area contributed by atoms with Crippen LogP contribution < -0.4 is 15.0 Å². The van der Waals surface area contributed by atoms with Crippen molar-refractivity contribution < 1.29 is 33.8 Å². The number of hydrogen-bond donors (Lipinski definition) is 3. The van der Waals surface area contributed by atoms with Crippen LogP contribution in [0.4, 0.5) is 17.1 Å². The number of nitrogens with zero attached hydrogens (tertiary/aromatic N) is 2. The monoisotopic (exact) mass is 811 g/mol. The van der Waals surface area contributed by atoms with Gasteiger partial charge in [0.1, 0.15) is 0 Å². The van der Waals surface area contributed by atoms with Gasteiger partial charge in [0.15, 0.2) is 11.5 Å². The average molecular weight is 811 g/mol. The van der Waals surface area contributed by atoms with Crippen LogP contribution in [0.5, 0.6) is 11.5 Å². The van der Waals surface area contributed by atoms with E-state index in [1.807, 2.05) is 72.8 Å². The van der Waals surface area contributed by atoms with Crippen molar-refractivity contribution in [1.29, 1.82) is 0 Å². The number of methoxy groups -OCH3 is 2. The average Bonchev–Trinajstić information content (AvgIpc) is 3.40. The van der Waals surface area contributed by atoms with E-state index >= 15 is 0 Å². The largest absolute Gasteiger partial charge is 0.504 e. The van der Waals surface area contributed by atoms with Gasteiger partial charge in [0.25, 0.3) is 0 Å². The minimum absolute atomic E-state index is 0.0825. The molecule has 0 radical (unpaired) electrons. The molecule has 2 fully saturated rings. The van der Waals surface area contributed by atoms with Crippen LogP contribution in [0.1, 0.15) is 30.5 Å². The lowest BCUT2D eigenvalue weighted by molar-refractivity contribution is -0.122. The number of phenolic OH excluding ortho intramolecular Hbond substituents is 1. The van der Waals surface area contributed by atoms with E-state index < -0.39 is 25.1 Å². The lowest BCUT2D eigenvalue weighted by atomic mass is 9.58. The number of amides is 2. The smallest absolute Gasteiger partial charge is 0.455 e. The number of carbonyl (C=O) groups is 2. The van der Waals surface area contributed by atoms with Crippen molar-refractivity contribution in [2.24, 2.45) is 17.8 Å². The molecule has 2 amide bonds. The second-order valence-corrected chi connectivity index (χ2v) is 14.4. The second-order valence-electron chi connectivity index (χ2n) is 13.3. The molecule has 7 rings (SSSR count). The number of imide groups is 1. The summed E-state index contributed by atoms with van der Waals surface area (Å²) in [5.41, 5.74) is 6.72. The van der Waals surface area contributed by atoms with Crippen molar-refractivity contribution in [3.63, 3.8) is 0 Å². The van der Waals surface area contributed by atoms with Gasteiger partial charge < -0.3 is 29.6 Å². The number of carbonyl (C=O) groups excluding carboxylic acids is 2. The highest BCUT2D eigenvalue weighted by molar-refractivity contribution is 14.1. The normalized spacial score (nSPS) is 21.7. The van der Waals surface area contributed by atoms with E-state index in [0.717, 1.165) is 39.4 Å². The molecule has 4 atom stereocenters. The fourth-order valence-corrected chi connectivity index (χ4v) is 8.48. The first-order valence-electron chi connectivity index (χ1n) is 17.3. The van der Waals surface area contributed by atoms with E-state index in [2.05, 4.69) is 32.9 Å². The third kappa shape index (κ3) is 7.25. The standard InChI is InChI=1S/C40H39BIN3O7/c1-50-23-26-21-30-37(40(48)45(39(30)47)29-14-12-28(13-15-29)44-27-8-4-3-5-9-27)31-22-41(49)52-34(36(26)31)16-11-25(33-10-6-7-17-43-33)18-24-19-32(42)38(46)35(20-24)51-2/h3-10,12-15,17-20,30-31,34,37,44,46,49H,11,16,21-23H2,1-2H3/b25-18-/t30-,31+,34-,37-/m1/s1. The zero-order chi connectivity index (χ0) is 36.4. The number of fused-ring (bicyclic) bond motifs is 3. The fraction of sp³-hybridized carbons (Fsp3) is 0.275. The minimum atomic E-state index is -1.10. The van der Waals surface area contributed by atoms with Gasteiger partial charge in [0, 0.05) is 24.7 Å². The highest BCUT2D eigenvalue weighted by Gasteiger charge is 2.57. The Bertz CT molecular complexity index is 2010. The van der Waals surface area contributed by atoms with Crippen LogP contribution in [0.2, 0.25) is 6.32 Å². The third-order valence-electron chi connectivity index (χ3n) is 10.1. The molecule has 2 aliphatic heterocycles. The Morgan fingerprint density at radius 2 is 1.77 bits per heavy atom. The van der Waals surface area contributed by atoms with E-state index in [4.69, 9.17) is 14.1 Å². The van der Waals surface area contributed by atoms with Crippen molar-refractivity contribution in [2.75, 3.05) is 31.0 Å². The molecule has 1 aliphatic carbocycles. The van der Waals surface area contributed by atoms with Crippen molar-refractivity contribution >= 4 is 70.2 Å². The quantitative estimate of drug-likeness (QED) is 0.0628. The number of allylic oxidation sites excluding steroid dienone is 1. The minimum Gasteiger partial charge on any atom is -0.504 e. The van der Waals surface area contributed by atoms with Crippen molar-refractivity contribution in [1.82, 2.24) is 4.98 Å². The summed E-state index contributed by atoms with van der Waals surface area (Å²) >= 11 is 2.08. The predicted molar refractivity (Wildman–Crippen MR) is 209 cm³/mol. The summed E-state index contributed by atoms with van der Waals surface area (Å²) in [4.78, 5) is 34.3. The van der Waals surface area contributed by atoms with Gasteiger partial charge in [-0.3, -0.25) is 19.5 Å². The highest BCUT2D eigenvalue weighted by Crippen LogP contribution is 2.51. The first-order chi connectivity index (χ1) is 25.2. The summed E-state index contributed by atoms with van der Waals surface area (Å²) in [6, 6.07) is 26.5. The molecule has 0 saturated carbocycles. The maximum absolute atomic E-state index is 14.3. The van der Waals surface area contributed by atoms with Gasteiger partial charge in [-0.2, -0.15) is 0 Å². The number of benzene rings is 3. The molecule has 266 valence electrons. The Labute approximate surface area is 316 Å². The molecule has 52 heavy (non-hydrogen) atoms. The lowest BCUT2D eigenvalue weighted by Gasteiger charge is -2.43. The van der Waals surface area contributed by atoms with Gasteiger partial charge in [-0.15, -0.1) is 0 Å². The maximum atomic E-state index is 14.3. The predicted octanol–water partition coefficient (Wildman–Crippen LogP) is 7.11. The van der Waals surface area contributed by atoms with Crippen LogP contribution in [0.25, 0.3) is 11.6 Å². The summed E-state index contributed by atoms with van der Waals surface area (Å²) in [6.45, 7) is 0.293. The SMILES string of the molecule is COCC1=C2[C@@H](CC/C(=C/c3cc(I)c(O)c(OC)c3)c3ccccn3)OB(O)C[C@@H]2[C@@H]2C(=O)N(c3ccc(Nc4ccccc4)cc3)C(=O)[C@@H]2C1. The number of aromatic hydroxyl groups is 1. The molecule has 0 spiro atoms. The van der Waals surface area contributed by atoms with Crippen molar-refractivity contribution in [2.45, 2.75) is 31.7 Å². The van der Waals surface area contributed by atoms with Crippen LogP contribution in [0.3, 0.4) is 0 Å². The number of halogens is 1. The summed E-state index contributed by atoms with van der Waals surface area (Å²) in [5.74, 6) is -1.60. The number of anilines is 3. The molecule has 0 unspecified atom stereocenters. The Hall–Kier alpha value is -4.50. The Morgan fingerprint density at radius 3 is 2.48 bits per heavy atom. The summed E-state index contributed by atoms with van der Waals surface area (Å²) in [5, 5.41) is 24.9. The Morgan fingerprint density at radius 1 is 1.02 bits per heavy atom. The maximum Gasteiger partial charge on any atom is 0.455 e. The summed E-state index contributed by atoms with van der Waals surface area (Å²) in [7, 11) is 2.03. The topological polar surface area (TPSA) is 130 Å². The first kappa shape index (κ1) is 35.9. The molecular formula is C40H39BIN3O7. The number of para-hydroxylation sites is 1. The number of hydrogen-bond acceptors (Lipinski definition) is 9. The van der Waals surface area contributed by atoms with Gasteiger partial charge in [0.2, 0.25) is 11.8 Å². The molecule has 3 aromatic carbocycles. The number of phenols is 1. The first-order valence-corrected chi connectivity index (χ1v) is 18.4. The van der Waals surface area contributed by atoms with E-state index in [0.29, 0.717) is 40.9 Å². The molecule has 10 nitrogen and oxygen atoms in total. The van der Waals surface area contributed by atoms with Gasteiger partial charge in [-0.05, 0) is 143 Å². The van der Waals surface area contributed by atoms with E-state index in [1.165, 1.54) is 12.0 Å². The molecular weight excluding hydrogens is 772 g/mol. The van der Waals surface area contributed by atoms with Crippen molar-refractivity contribution in [3.05, 3.63) is 117 Å². The molecule has 4 aromatic rings. The van der Waals surface area contributed by atoms with E-state index in [-0.39, 0.29) is 29.8 Å². The highest BCUT2D eigenvalue weighted by atomic mass is 127. The zero-order valence-electron chi connectivity index (χ0n) is 28.9. The molecule has 1 aromatic heterocycles. The molecule has 3 heterocycles. The van der Waals surface area contributed by atoms with Gasteiger partial charge >= 0.3 is 7.12 Å².